The van der Waals surface area contributed by atoms with Crippen LogP contribution >= 0.6 is 11.8 Å². The van der Waals surface area contributed by atoms with Crippen LogP contribution in [-0.4, -0.2) is 50.9 Å². The first kappa shape index (κ1) is 14.4. The van der Waals surface area contributed by atoms with Crippen molar-refractivity contribution < 1.29 is 24.2 Å². The van der Waals surface area contributed by atoms with E-state index >= 15 is 0 Å². The molecule has 0 aromatic rings. The van der Waals surface area contributed by atoms with Crippen molar-refractivity contribution in [1.82, 2.24) is 4.90 Å². The van der Waals surface area contributed by atoms with Crippen LogP contribution in [0.5, 0.6) is 0 Å². The summed E-state index contributed by atoms with van der Waals surface area (Å²) < 4.78 is 4.91. The van der Waals surface area contributed by atoms with Crippen LogP contribution in [0.25, 0.3) is 0 Å². The minimum atomic E-state index is -1.29. The zero-order chi connectivity index (χ0) is 15.0. The van der Waals surface area contributed by atoms with Crippen LogP contribution in [0.3, 0.4) is 0 Å². The molecule has 20 heavy (non-hydrogen) atoms. The second-order valence-corrected chi connectivity index (χ2v) is 5.52. The van der Waals surface area contributed by atoms with Gasteiger partial charge in [0.25, 0.3) is 0 Å². The minimum Gasteiger partial charge on any atom is -0.477 e. The fourth-order valence-corrected chi connectivity index (χ4v) is 3.42. The summed E-state index contributed by atoms with van der Waals surface area (Å²) in [6, 6.07) is 0. The van der Waals surface area contributed by atoms with Crippen LogP contribution in [-0.2, 0) is 19.1 Å². The molecule has 4 N–H and O–H groups in total. The fraction of sp³-hybridized carbons (Fsp3) is 0.455. The lowest BCUT2D eigenvalue weighted by molar-refractivity contribution is -0.146. The number of thioether (sulfide) groups is 1. The monoisotopic (exact) mass is 299 g/mol. The van der Waals surface area contributed by atoms with Crippen molar-refractivity contribution in [3.05, 3.63) is 11.3 Å². The quantitative estimate of drug-likeness (QED) is 0.276. The predicted molar refractivity (Wildman–Crippen MR) is 69.8 cm³/mol. The van der Waals surface area contributed by atoms with Crippen molar-refractivity contribution in [2.45, 2.75) is 24.8 Å². The zero-order valence-corrected chi connectivity index (χ0v) is 11.4. The van der Waals surface area contributed by atoms with Gasteiger partial charge in [0.05, 0.1) is 11.8 Å². The summed E-state index contributed by atoms with van der Waals surface area (Å²) in [5.74, 6) is -2.50. The van der Waals surface area contributed by atoms with Gasteiger partial charge >= 0.3 is 11.9 Å². The van der Waals surface area contributed by atoms with Gasteiger partial charge in [-0.05, 0) is 0 Å². The second-order valence-electron chi connectivity index (χ2n) is 4.36. The molecule has 2 heterocycles. The topological polar surface area (TPSA) is 134 Å². The number of amidine groups is 1. The number of carbonyl (C=O) groups excluding carboxylic acids is 2. The number of rotatable bonds is 4. The van der Waals surface area contributed by atoms with Crippen molar-refractivity contribution in [3.8, 4) is 0 Å². The maximum Gasteiger partial charge on any atom is 0.352 e. The molecule has 2 aliphatic rings. The molecule has 0 bridgehead atoms. The van der Waals surface area contributed by atoms with Gasteiger partial charge in [0.15, 0.2) is 6.10 Å². The number of ether oxygens (including phenoxy) is 1. The average molecular weight is 299 g/mol. The van der Waals surface area contributed by atoms with Gasteiger partial charge in [0, 0.05) is 18.2 Å². The smallest absolute Gasteiger partial charge is 0.352 e. The van der Waals surface area contributed by atoms with Crippen molar-refractivity contribution in [2.75, 3.05) is 5.75 Å². The molecule has 0 radical (unpaired) electrons. The summed E-state index contributed by atoms with van der Waals surface area (Å²) in [5, 5.41) is 16.6. The highest BCUT2D eigenvalue weighted by molar-refractivity contribution is 8.00. The van der Waals surface area contributed by atoms with Crippen molar-refractivity contribution >= 4 is 35.4 Å². The first-order chi connectivity index (χ1) is 9.32. The first-order valence-corrected chi connectivity index (χ1v) is 6.79. The Kier molecular flexibility index (Phi) is 3.71. The number of amides is 1. The molecule has 1 unspecified atom stereocenters. The van der Waals surface area contributed by atoms with E-state index in [2.05, 4.69) is 0 Å². The highest BCUT2D eigenvalue weighted by Crippen LogP contribution is 2.41. The number of nitrogens with one attached hydrogen (secondary N) is 1. The van der Waals surface area contributed by atoms with Gasteiger partial charge < -0.3 is 15.6 Å². The van der Waals surface area contributed by atoms with Crippen molar-refractivity contribution in [1.29, 1.82) is 5.41 Å². The molecule has 1 amide bonds. The van der Waals surface area contributed by atoms with Crippen molar-refractivity contribution in [3.63, 3.8) is 0 Å². The summed E-state index contributed by atoms with van der Waals surface area (Å²) in [4.78, 5) is 35.2. The molecule has 8 nitrogen and oxygen atoms in total. The Morgan fingerprint density at radius 2 is 2.25 bits per heavy atom. The van der Waals surface area contributed by atoms with Gasteiger partial charge in [0.1, 0.15) is 11.5 Å². The molecule has 1 saturated heterocycles. The van der Waals surface area contributed by atoms with E-state index in [4.69, 9.17) is 15.9 Å². The Labute approximate surface area is 118 Å². The molecule has 9 heteroatoms. The molecule has 2 rings (SSSR count). The van der Waals surface area contributed by atoms with E-state index in [1.807, 2.05) is 0 Å². The molecule has 0 saturated carbocycles. The van der Waals surface area contributed by atoms with Crippen LogP contribution < -0.4 is 5.73 Å². The maximum absolute atomic E-state index is 11.6. The highest BCUT2D eigenvalue weighted by atomic mass is 32.2. The van der Waals surface area contributed by atoms with E-state index in [9.17, 15) is 19.5 Å². The molecule has 2 aliphatic heterocycles. The van der Waals surface area contributed by atoms with Crippen molar-refractivity contribution in [2.24, 2.45) is 5.73 Å². The highest BCUT2D eigenvalue weighted by Gasteiger charge is 2.47. The largest absolute Gasteiger partial charge is 0.477 e. The van der Waals surface area contributed by atoms with E-state index in [0.29, 0.717) is 0 Å². The minimum absolute atomic E-state index is 0.162. The number of carboxylic acid groups (broad SMARTS) is 1. The molecule has 1 fully saturated rings. The van der Waals surface area contributed by atoms with Crippen LogP contribution in [0, 0.1) is 5.41 Å². The van der Waals surface area contributed by atoms with Gasteiger partial charge in [0.2, 0.25) is 5.91 Å². The molecule has 0 aliphatic carbocycles. The van der Waals surface area contributed by atoms with E-state index in [-0.39, 0.29) is 34.7 Å². The third-order valence-corrected chi connectivity index (χ3v) is 4.21. The Morgan fingerprint density at radius 1 is 1.60 bits per heavy atom. The number of carboxylic acids is 1. The maximum atomic E-state index is 11.6. The number of β-lactam (4-membered cyclic amide) rings is 1. The van der Waals surface area contributed by atoms with Gasteiger partial charge in [-0.15, -0.1) is 11.8 Å². The Hall–Kier alpha value is -2.03. The average Bonchev–Trinajstić information content (AvgIpc) is 2.33. The van der Waals surface area contributed by atoms with E-state index in [1.54, 1.807) is 0 Å². The first-order valence-electron chi connectivity index (χ1n) is 5.74. The third-order valence-electron chi connectivity index (χ3n) is 2.97. The molecule has 108 valence electrons. The molecule has 0 aromatic carbocycles. The van der Waals surface area contributed by atoms with Gasteiger partial charge in [-0.3, -0.25) is 19.9 Å². The summed E-state index contributed by atoms with van der Waals surface area (Å²) >= 11 is 1.36. The number of hydrogen-bond donors (Lipinski definition) is 3. The summed E-state index contributed by atoms with van der Waals surface area (Å²) in [5.41, 5.74) is 5.31. The van der Waals surface area contributed by atoms with Crippen LogP contribution in [0.2, 0.25) is 0 Å². The Bertz CT molecular complexity index is 544. The number of esters is 1. The Morgan fingerprint density at radius 3 is 2.70 bits per heavy atom. The van der Waals surface area contributed by atoms with Gasteiger partial charge in [-0.25, -0.2) is 4.79 Å². The third kappa shape index (κ3) is 2.36. The van der Waals surface area contributed by atoms with Gasteiger partial charge in [-0.2, -0.15) is 0 Å². The van der Waals surface area contributed by atoms with E-state index in [1.165, 1.54) is 11.8 Å². The second kappa shape index (κ2) is 5.16. The summed E-state index contributed by atoms with van der Waals surface area (Å²) in [6.45, 7) is 1.14. The van der Waals surface area contributed by atoms with Crippen LogP contribution in [0.15, 0.2) is 11.3 Å². The summed E-state index contributed by atoms with van der Waals surface area (Å²) in [7, 11) is 0. The molecule has 0 aromatic heterocycles. The zero-order valence-electron chi connectivity index (χ0n) is 10.6. The molecular weight excluding hydrogens is 286 g/mol. The standard InChI is InChI=1S/C11H13N3O5S/c1-4(15)19-9(10(12)13)5-3-20-7-2-6(16)14(7)8(5)11(17)18/h7,9H,2-3H2,1H3,(H3,12,13)(H,17,18)/t7-,9?/m1/s1. The molecule has 0 spiro atoms. The Balaban J connectivity index is 2.45. The number of nitrogens with zero attached hydrogens (tertiary/aromatic N) is 1. The number of nitrogens with two attached hydrogens (primary N) is 1. The fourth-order valence-electron chi connectivity index (χ4n) is 2.13. The predicted octanol–water partition coefficient (Wildman–Crippen LogP) is -0.502. The summed E-state index contributed by atoms with van der Waals surface area (Å²) in [6.07, 6.45) is -0.965. The number of hydrogen-bond acceptors (Lipinski definition) is 6. The number of fused-ring (bicyclic) bond motifs is 1. The SMILES string of the molecule is CC(=O)OC(C(=N)N)C1=C(C(=O)O)N2C(=O)C[C@H]2SC1. The van der Waals surface area contributed by atoms with Crippen LogP contribution in [0.1, 0.15) is 13.3 Å². The number of aliphatic carboxylic acids is 1. The molecular formula is C11H13N3O5S. The van der Waals surface area contributed by atoms with E-state index < -0.39 is 23.9 Å². The lowest BCUT2D eigenvalue weighted by atomic mass is 10.0. The van der Waals surface area contributed by atoms with Crippen LogP contribution in [0.4, 0.5) is 0 Å². The molecule has 2 atom stereocenters. The van der Waals surface area contributed by atoms with E-state index in [0.717, 1.165) is 11.8 Å². The van der Waals surface area contributed by atoms with Gasteiger partial charge in [-0.1, -0.05) is 0 Å². The number of carbonyl (C=O) groups is 3. The lowest BCUT2D eigenvalue weighted by Crippen LogP contribution is -2.55. The lowest BCUT2D eigenvalue weighted by Gasteiger charge is -2.44. The normalized spacial score (nSPS) is 22.8.